The lowest BCUT2D eigenvalue weighted by molar-refractivity contribution is 0.0617. The lowest BCUT2D eigenvalue weighted by atomic mass is 9.89. The first-order valence-electron chi connectivity index (χ1n) is 8.93. The first kappa shape index (κ1) is 19.4. The van der Waals surface area contributed by atoms with Crippen molar-refractivity contribution in [1.29, 1.82) is 0 Å². The summed E-state index contributed by atoms with van der Waals surface area (Å²) in [6, 6.07) is 10.5. The van der Waals surface area contributed by atoms with Gasteiger partial charge in [-0.15, -0.1) is 0 Å². The molecule has 0 aliphatic carbocycles. The predicted octanol–water partition coefficient (Wildman–Crippen LogP) is 4.78. The summed E-state index contributed by atoms with van der Waals surface area (Å²) in [6.07, 6.45) is 0.656. The molecule has 1 N–H and O–H groups in total. The van der Waals surface area contributed by atoms with Crippen molar-refractivity contribution in [3.8, 4) is 17.2 Å². The second-order valence-corrected chi connectivity index (χ2v) is 7.48. The number of amides is 1. The molecule has 144 valence electrons. The van der Waals surface area contributed by atoms with Gasteiger partial charge in [0.2, 0.25) is 0 Å². The second-order valence-electron chi connectivity index (χ2n) is 7.07. The van der Waals surface area contributed by atoms with Crippen molar-refractivity contribution >= 4 is 17.5 Å². The summed E-state index contributed by atoms with van der Waals surface area (Å²) in [5.41, 5.74) is 1.01. The number of rotatable bonds is 5. The van der Waals surface area contributed by atoms with Crippen LogP contribution in [-0.2, 0) is 0 Å². The highest BCUT2D eigenvalue weighted by atomic mass is 35.5. The molecular formula is C21H24ClNO4. The van der Waals surface area contributed by atoms with Crippen LogP contribution in [0.25, 0.3) is 0 Å². The summed E-state index contributed by atoms with van der Waals surface area (Å²) in [6.45, 7) is 6.41. The van der Waals surface area contributed by atoms with Crippen LogP contribution >= 0.6 is 11.6 Å². The fourth-order valence-electron chi connectivity index (χ4n) is 3.24. The van der Waals surface area contributed by atoms with Crippen molar-refractivity contribution in [2.75, 3.05) is 13.7 Å². The number of fused-ring (bicyclic) bond motifs is 1. The van der Waals surface area contributed by atoms with Gasteiger partial charge in [0.1, 0.15) is 22.8 Å². The second kappa shape index (κ2) is 7.69. The van der Waals surface area contributed by atoms with E-state index in [0.717, 1.165) is 17.1 Å². The minimum absolute atomic E-state index is 0.174. The van der Waals surface area contributed by atoms with Gasteiger partial charge in [0.15, 0.2) is 0 Å². The summed E-state index contributed by atoms with van der Waals surface area (Å²) in [5.74, 6) is 1.82. The van der Waals surface area contributed by atoms with Crippen LogP contribution in [0.15, 0.2) is 36.4 Å². The van der Waals surface area contributed by atoms with Crippen molar-refractivity contribution in [3.63, 3.8) is 0 Å². The molecule has 1 atom stereocenters. The molecule has 6 heteroatoms. The quantitative estimate of drug-likeness (QED) is 0.799. The Morgan fingerprint density at radius 2 is 2.07 bits per heavy atom. The zero-order chi connectivity index (χ0) is 19.6. The molecule has 0 fully saturated rings. The zero-order valence-electron chi connectivity index (χ0n) is 16.0. The van der Waals surface area contributed by atoms with E-state index in [1.54, 1.807) is 25.3 Å². The van der Waals surface area contributed by atoms with E-state index >= 15 is 0 Å². The molecule has 0 bridgehead atoms. The van der Waals surface area contributed by atoms with Crippen LogP contribution in [0.4, 0.5) is 0 Å². The first-order chi connectivity index (χ1) is 12.8. The van der Waals surface area contributed by atoms with Crippen LogP contribution in [0.5, 0.6) is 17.2 Å². The minimum Gasteiger partial charge on any atom is -0.497 e. The fourth-order valence-corrected chi connectivity index (χ4v) is 3.48. The Balaban J connectivity index is 1.84. The van der Waals surface area contributed by atoms with Crippen molar-refractivity contribution in [2.24, 2.45) is 0 Å². The molecule has 0 spiro atoms. The van der Waals surface area contributed by atoms with E-state index in [4.69, 9.17) is 25.8 Å². The Morgan fingerprint density at radius 3 is 2.74 bits per heavy atom. The summed E-state index contributed by atoms with van der Waals surface area (Å²) >= 11 is 6.22. The number of methoxy groups -OCH3 is 1. The lowest BCUT2D eigenvalue weighted by Gasteiger charge is -2.38. The molecule has 0 radical (unpaired) electrons. The maximum absolute atomic E-state index is 12.8. The van der Waals surface area contributed by atoms with Gasteiger partial charge in [-0.3, -0.25) is 4.79 Å². The van der Waals surface area contributed by atoms with Crippen LogP contribution in [0.3, 0.4) is 0 Å². The highest BCUT2D eigenvalue weighted by molar-refractivity contribution is 6.32. The van der Waals surface area contributed by atoms with E-state index in [2.05, 4.69) is 5.32 Å². The van der Waals surface area contributed by atoms with Crippen molar-refractivity contribution in [1.82, 2.24) is 5.32 Å². The van der Waals surface area contributed by atoms with Gasteiger partial charge >= 0.3 is 0 Å². The van der Waals surface area contributed by atoms with Gasteiger partial charge in [-0.1, -0.05) is 11.6 Å². The molecule has 1 aliphatic rings. The highest BCUT2D eigenvalue weighted by Crippen LogP contribution is 2.41. The number of halogens is 1. The summed E-state index contributed by atoms with van der Waals surface area (Å²) in [4.78, 5) is 12.8. The first-order valence-corrected chi connectivity index (χ1v) is 9.31. The third-order valence-corrected chi connectivity index (χ3v) is 4.77. The van der Waals surface area contributed by atoms with Gasteiger partial charge in [-0.05, 0) is 51.1 Å². The smallest absolute Gasteiger partial charge is 0.251 e. The number of hydrogen-bond acceptors (Lipinski definition) is 4. The number of nitrogens with one attached hydrogen (secondary N) is 1. The number of carbonyl (C=O) groups is 1. The molecule has 1 amide bonds. The molecule has 3 rings (SSSR count). The highest BCUT2D eigenvalue weighted by Gasteiger charge is 2.35. The largest absolute Gasteiger partial charge is 0.497 e. The molecule has 27 heavy (non-hydrogen) atoms. The molecular weight excluding hydrogens is 366 g/mol. The van der Waals surface area contributed by atoms with Gasteiger partial charge < -0.3 is 19.5 Å². The van der Waals surface area contributed by atoms with E-state index in [0.29, 0.717) is 29.4 Å². The van der Waals surface area contributed by atoms with Crippen molar-refractivity contribution < 1.29 is 19.0 Å². The van der Waals surface area contributed by atoms with E-state index in [9.17, 15) is 4.79 Å². The van der Waals surface area contributed by atoms with Crippen LogP contribution in [0.1, 0.15) is 49.2 Å². The molecule has 0 saturated carbocycles. The maximum atomic E-state index is 12.8. The summed E-state index contributed by atoms with van der Waals surface area (Å²) in [5, 5.41) is 3.52. The Morgan fingerprint density at radius 1 is 1.30 bits per heavy atom. The Bertz CT molecular complexity index is 850. The molecule has 0 aromatic heterocycles. The minimum atomic E-state index is -0.409. The molecule has 1 aliphatic heterocycles. The standard InChI is InChI=1S/C21H24ClNO4/c1-5-26-18-9-6-13(10-16(18)22)20(24)23-17-12-21(2,3)27-19-11-14(25-4)7-8-15(17)19/h6-11,17H,5,12H2,1-4H3,(H,23,24)/t17-/m1/s1. The topological polar surface area (TPSA) is 56.8 Å². The maximum Gasteiger partial charge on any atom is 0.251 e. The Labute approximate surface area is 164 Å². The lowest BCUT2D eigenvalue weighted by Crippen LogP contribution is -2.41. The van der Waals surface area contributed by atoms with Gasteiger partial charge in [0.05, 0.1) is 24.8 Å². The average Bonchev–Trinajstić information content (AvgIpc) is 2.62. The fraction of sp³-hybridized carbons (Fsp3) is 0.381. The van der Waals surface area contributed by atoms with Crippen molar-refractivity contribution in [2.45, 2.75) is 38.8 Å². The number of carbonyl (C=O) groups excluding carboxylic acids is 1. The van der Waals surface area contributed by atoms with E-state index < -0.39 is 5.60 Å². The summed E-state index contributed by atoms with van der Waals surface area (Å²) < 4.78 is 16.8. The number of hydrogen-bond donors (Lipinski definition) is 1. The van der Waals surface area contributed by atoms with E-state index in [1.807, 2.05) is 39.0 Å². The predicted molar refractivity (Wildman–Crippen MR) is 105 cm³/mol. The third kappa shape index (κ3) is 4.30. The average molecular weight is 390 g/mol. The molecule has 0 saturated heterocycles. The van der Waals surface area contributed by atoms with Crippen molar-refractivity contribution in [3.05, 3.63) is 52.5 Å². The monoisotopic (exact) mass is 389 g/mol. The van der Waals surface area contributed by atoms with Gasteiger partial charge in [-0.2, -0.15) is 0 Å². The molecule has 0 unspecified atom stereocenters. The number of benzene rings is 2. The van der Waals surface area contributed by atoms with Crippen LogP contribution in [0.2, 0.25) is 5.02 Å². The summed E-state index contributed by atoms with van der Waals surface area (Å²) in [7, 11) is 1.62. The molecule has 2 aromatic carbocycles. The third-order valence-electron chi connectivity index (χ3n) is 4.48. The molecule has 1 heterocycles. The zero-order valence-corrected chi connectivity index (χ0v) is 16.7. The van der Waals surface area contributed by atoms with Gasteiger partial charge in [0.25, 0.3) is 5.91 Å². The van der Waals surface area contributed by atoms with Crippen LogP contribution in [0, 0.1) is 0 Å². The van der Waals surface area contributed by atoms with Gasteiger partial charge in [-0.25, -0.2) is 0 Å². The molecule has 2 aromatic rings. The Hall–Kier alpha value is -2.40. The Kier molecular flexibility index (Phi) is 5.51. The van der Waals surface area contributed by atoms with Crippen LogP contribution < -0.4 is 19.5 Å². The SMILES string of the molecule is CCOc1ccc(C(=O)N[C@@H]2CC(C)(C)Oc3cc(OC)ccc32)cc1Cl. The molecule has 5 nitrogen and oxygen atoms in total. The van der Waals surface area contributed by atoms with E-state index in [1.165, 1.54) is 0 Å². The normalized spacial score (nSPS) is 17.4. The van der Waals surface area contributed by atoms with Gasteiger partial charge in [0, 0.05) is 23.6 Å². The van der Waals surface area contributed by atoms with Crippen LogP contribution in [-0.4, -0.2) is 25.2 Å². The number of ether oxygens (including phenoxy) is 3. The van der Waals surface area contributed by atoms with E-state index in [-0.39, 0.29) is 11.9 Å².